The lowest BCUT2D eigenvalue weighted by atomic mass is 10.2. The number of benzene rings is 1. The standard InChI is InChI=1S/C16H21N3O/c1-3-11-20-15-9-6-8-14(16(15)17)19(2)12-13-7-4-5-10-18-13/h4-10H,3,11-12,17H2,1-2H3. The second kappa shape index (κ2) is 6.80. The second-order valence-corrected chi connectivity index (χ2v) is 4.71. The van der Waals surface area contributed by atoms with E-state index in [1.807, 2.05) is 43.4 Å². The Morgan fingerprint density at radius 1 is 1.20 bits per heavy atom. The summed E-state index contributed by atoms with van der Waals surface area (Å²) < 4.78 is 5.66. The summed E-state index contributed by atoms with van der Waals surface area (Å²) in [5.41, 5.74) is 8.84. The molecule has 2 N–H and O–H groups in total. The summed E-state index contributed by atoms with van der Waals surface area (Å²) in [6.07, 6.45) is 2.76. The molecule has 2 rings (SSSR count). The molecule has 0 saturated heterocycles. The fourth-order valence-electron chi connectivity index (χ4n) is 2.02. The maximum Gasteiger partial charge on any atom is 0.144 e. The molecule has 0 radical (unpaired) electrons. The van der Waals surface area contributed by atoms with Gasteiger partial charge in [0.25, 0.3) is 0 Å². The molecular weight excluding hydrogens is 250 g/mol. The van der Waals surface area contributed by atoms with Gasteiger partial charge >= 0.3 is 0 Å². The van der Waals surface area contributed by atoms with E-state index in [0.717, 1.165) is 23.6 Å². The number of ether oxygens (including phenoxy) is 1. The van der Waals surface area contributed by atoms with Gasteiger partial charge in [-0.3, -0.25) is 4.98 Å². The Balaban J connectivity index is 2.15. The molecule has 1 aromatic heterocycles. The molecule has 0 fully saturated rings. The first-order valence-corrected chi connectivity index (χ1v) is 6.84. The van der Waals surface area contributed by atoms with Crippen molar-refractivity contribution in [1.29, 1.82) is 0 Å². The molecule has 0 aliphatic carbocycles. The molecule has 0 aliphatic heterocycles. The minimum atomic E-state index is 0.678. The number of aromatic nitrogens is 1. The molecule has 0 atom stereocenters. The van der Waals surface area contributed by atoms with E-state index in [1.165, 1.54) is 0 Å². The number of nitrogens with two attached hydrogens (primary N) is 1. The maximum atomic E-state index is 6.19. The summed E-state index contributed by atoms with van der Waals surface area (Å²) >= 11 is 0. The van der Waals surface area contributed by atoms with Crippen molar-refractivity contribution in [2.45, 2.75) is 19.9 Å². The molecule has 20 heavy (non-hydrogen) atoms. The average molecular weight is 271 g/mol. The van der Waals surface area contributed by atoms with Crippen molar-refractivity contribution < 1.29 is 4.74 Å². The van der Waals surface area contributed by atoms with E-state index in [1.54, 1.807) is 6.20 Å². The van der Waals surface area contributed by atoms with Crippen molar-refractivity contribution in [3.05, 3.63) is 48.3 Å². The molecule has 1 aromatic carbocycles. The Hall–Kier alpha value is -2.23. The molecule has 0 bridgehead atoms. The summed E-state index contributed by atoms with van der Waals surface area (Å²) in [6.45, 7) is 3.47. The molecule has 0 amide bonds. The van der Waals surface area contributed by atoms with Crippen molar-refractivity contribution in [2.75, 3.05) is 24.3 Å². The lowest BCUT2D eigenvalue weighted by Gasteiger charge is -2.22. The molecule has 0 spiro atoms. The van der Waals surface area contributed by atoms with Gasteiger partial charge in [0.15, 0.2) is 0 Å². The van der Waals surface area contributed by atoms with Gasteiger partial charge in [-0.25, -0.2) is 0 Å². The van der Waals surface area contributed by atoms with Crippen molar-refractivity contribution in [1.82, 2.24) is 4.98 Å². The fraction of sp³-hybridized carbons (Fsp3) is 0.312. The monoisotopic (exact) mass is 271 g/mol. The molecule has 1 heterocycles. The van der Waals surface area contributed by atoms with Crippen molar-refractivity contribution in [3.63, 3.8) is 0 Å². The highest BCUT2D eigenvalue weighted by Gasteiger charge is 2.10. The van der Waals surface area contributed by atoms with Crippen LogP contribution in [-0.4, -0.2) is 18.6 Å². The van der Waals surface area contributed by atoms with E-state index in [9.17, 15) is 0 Å². The van der Waals surface area contributed by atoms with Crippen LogP contribution in [0.5, 0.6) is 5.75 Å². The molecule has 2 aromatic rings. The minimum Gasteiger partial charge on any atom is -0.491 e. The van der Waals surface area contributed by atoms with Gasteiger partial charge in [0, 0.05) is 13.2 Å². The number of anilines is 2. The fourth-order valence-corrected chi connectivity index (χ4v) is 2.02. The van der Waals surface area contributed by atoms with Crippen LogP contribution in [0.15, 0.2) is 42.6 Å². The third-order valence-corrected chi connectivity index (χ3v) is 3.04. The summed E-state index contributed by atoms with van der Waals surface area (Å²) in [5, 5.41) is 0. The Morgan fingerprint density at radius 2 is 2.05 bits per heavy atom. The third-order valence-electron chi connectivity index (χ3n) is 3.04. The summed E-state index contributed by atoms with van der Waals surface area (Å²) in [4.78, 5) is 6.41. The van der Waals surface area contributed by atoms with Crippen molar-refractivity contribution in [3.8, 4) is 5.75 Å². The highest BCUT2D eigenvalue weighted by atomic mass is 16.5. The number of nitrogen functional groups attached to an aromatic ring is 1. The lowest BCUT2D eigenvalue weighted by Crippen LogP contribution is -2.18. The van der Waals surface area contributed by atoms with E-state index < -0.39 is 0 Å². The predicted molar refractivity (Wildman–Crippen MR) is 83.0 cm³/mol. The van der Waals surface area contributed by atoms with Gasteiger partial charge in [-0.05, 0) is 30.7 Å². The van der Waals surface area contributed by atoms with Gasteiger partial charge in [0.2, 0.25) is 0 Å². The van der Waals surface area contributed by atoms with Gasteiger partial charge in [-0.15, -0.1) is 0 Å². The average Bonchev–Trinajstić information content (AvgIpc) is 2.47. The van der Waals surface area contributed by atoms with Crippen molar-refractivity contribution >= 4 is 11.4 Å². The zero-order chi connectivity index (χ0) is 14.4. The molecular formula is C16H21N3O. The van der Waals surface area contributed by atoms with Crippen LogP contribution in [0.3, 0.4) is 0 Å². The van der Waals surface area contributed by atoms with Gasteiger partial charge < -0.3 is 15.4 Å². The van der Waals surface area contributed by atoms with E-state index in [2.05, 4.69) is 16.8 Å². The Kier molecular flexibility index (Phi) is 4.82. The molecule has 0 aliphatic rings. The van der Waals surface area contributed by atoms with E-state index in [4.69, 9.17) is 10.5 Å². The maximum absolute atomic E-state index is 6.19. The highest BCUT2D eigenvalue weighted by molar-refractivity contribution is 5.73. The third kappa shape index (κ3) is 3.41. The number of nitrogens with zero attached hydrogens (tertiary/aromatic N) is 2. The first-order chi connectivity index (χ1) is 9.72. The zero-order valence-electron chi connectivity index (χ0n) is 12.0. The second-order valence-electron chi connectivity index (χ2n) is 4.71. The Morgan fingerprint density at radius 3 is 2.75 bits per heavy atom. The Bertz CT molecular complexity index is 543. The van der Waals surface area contributed by atoms with Crippen molar-refractivity contribution in [2.24, 2.45) is 0 Å². The smallest absolute Gasteiger partial charge is 0.144 e. The van der Waals surface area contributed by atoms with Crippen LogP contribution in [-0.2, 0) is 6.54 Å². The van der Waals surface area contributed by atoms with Crippen LogP contribution in [0.1, 0.15) is 19.0 Å². The van der Waals surface area contributed by atoms with Crippen LogP contribution in [0.2, 0.25) is 0 Å². The molecule has 4 nitrogen and oxygen atoms in total. The van der Waals surface area contributed by atoms with Crippen LogP contribution < -0.4 is 15.4 Å². The van der Waals surface area contributed by atoms with Crippen LogP contribution >= 0.6 is 0 Å². The number of rotatable bonds is 6. The topological polar surface area (TPSA) is 51.4 Å². The Labute approximate surface area is 120 Å². The minimum absolute atomic E-state index is 0.678. The normalized spacial score (nSPS) is 10.3. The van der Waals surface area contributed by atoms with E-state index in [-0.39, 0.29) is 0 Å². The van der Waals surface area contributed by atoms with Gasteiger partial charge in [0.1, 0.15) is 5.75 Å². The first kappa shape index (κ1) is 14.2. The first-order valence-electron chi connectivity index (χ1n) is 6.84. The SMILES string of the molecule is CCCOc1cccc(N(C)Cc2ccccn2)c1N. The highest BCUT2D eigenvalue weighted by Crippen LogP contribution is 2.32. The summed E-state index contributed by atoms with van der Waals surface area (Å²) in [6, 6.07) is 11.8. The summed E-state index contributed by atoms with van der Waals surface area (Å²) in [7, 11) is 2.00. The summed E-state index contributed by atoms with van der Waals surface area (Å²) in [5.74, 6) is 0.747. The molecule has 4 heteroatoms. The molecule has 0 unspecified atom stereocenters. The largest absolute Gasteiger partial charge is 0.491 e. The number of para-hydroxylation sites is 1. The van der Waals surface area contributed by atoms with Crippen LogP contribution in [0.4, 0.5) is 11.4 Å². The lowest BCUT2D eigenvalue weighted by molar-refractivity contribution is 0.319. The van der Waals surface area contributed by atoms with Gasteiger partial charge in [-0.2, -0.15) is 0 Å². The van der Waals surface area contributed by atoms with Crippen LogP contribution in [0, 0.1) is 0 Å². The van der Waals surface area contributed by atoms with Gasteiger partial charge in [-0.1, -0.05) is 19.1 Å². The number of hydrogen-bond donors (Lipinski definition) is 1. The number of pyridine rings is 1. The quantitative estimate of drug-likeness (QED) is 0.820. The molecule has 106 valence electrons. The van der Waals surface area contributed by atoms with E-state index in [0.29, 0.717) is 18.8 Å². The van der Waals surface area contributed by atoms with E-state index >= 15 is 0 Å². The van der Waals surface area contributed by atoms with Gasteiger partial charge in [0.05, 0.1) is 30.2 Å². The molecule has 0 saturated carbocycles. The van der Waals surface area contributed by atoms with Crippen LogP contribution in [0.25, 0.3) is 0 Å². The zero-order valence-corrected chi connectivity index (χ0v) is 12.0. The number of hydrogen-bond acceptors (Lipinski definition) is 4. The predicted octanol–water partition coefficient (Wildman–Crippen LogP) is 3.09.